The van der Waals surface area contributed by atoms with Gasteiger partial charge < -0.3 is 19.5 Å². The zero-order valence-electron chi connectivity index (χ0n) is 19.3. The van der Waals surface area contributed by atoms with Gasteiger partial charge in [0, 0.05) is 55.6 Å². The molecule has 4 aromatic rings. The first-order valence-electron chi connectivity index (χ1n) is 11.4. The highest BCUT2D eigenvalue weighted by Crippen LogP contribution is 2.35. The summed E-state index contributed by atoms with van der Waals surface area (Å²) in [5.41, 5.74) is 4.08. The summed E-state index contributed by atoms with van der Waals surface area (Å²) in [6, 6.07) is 18.4. The lowest BCUT2D eigenvalue weighted by atomic mass is 9.97. The number of imidazole rings is 1. The van der Waals surface area contributed by atoms with E-state index in [0.29, 0.717) is 6.54 Å². The van der Waals surface area contributed by atoms with Crippen LogP contribution in [0.3, 0.4) is 0 Å². The van der Waals surface area contributed by atoms with Crippen LogP contribution in [0.2, 0.25) is 0 Å². The van der Waals surface area contributed by atoms with Crippen molar-refractivity contribution in [1.29, 1.82) is 0 Å². The topological polar surface area (TPSA) is 52.9 Å². The van der Waals surface area contributed by atoms with Gasteiger partial charge in [-0.25, -0.2) is 9.78 Å². The highest BCUT2D eigenvalue weighted by molar-refractivity contribution is 7.15. The molecule has 1 aliphatic rings. The van der Waals surface area contributed by atoms with Crippen LogP contribution in [0, 0.1) is 6.92 Å². The van der Waals surface area contributed by atoms with Gasteiger partial charge >= 0.3 is 6.03 Å². The second-order valence-corrected chi connectivity index (χ2v) is 10.1. The number of carbonyl (C=O) groups is 1. The lowest BCUT2D eigenvalue weighted by molar-refractivity contribution is 0.191. The molecule has 1 saturated heterocycles. The Morgan fingerprint density at radius 3 is 2.67 bits per heavy atom. The van der Waals surface area contributed by atoms with E-state index in [1.165, 1.54) is 9.75 Å². The molecule has 0 radical (unpaired) electrons. The van der Waals surface area contributed by atoms with Gasteiger partial charge in [-0.05, 0) is 68.3 Å². The van der Waals surface area contributed by atoms with Gasteiger partial charge in [-0.15, -0.1) is 11.3 Å². The van der Waals surface area contributed by atoms with Crippen LogP contribution in [0.1, 0.15) is 29.5 Å². The fourth-order valence-electron chi connectivity index (χ4n) is 4.51. The molecule has 7 heteroatoms. The predicted molar refractivity (Wildman–Crippen MR) is 137 cm³/mol. The fourth-order valence-corrected chi connectivity index (χ4v) is 5.38. The van der Waals surface area contributed by atoms with E-state index in [1.54, 1.807) is 11.3 Å². The van der Waals surface area contributed by atoms with Crippen molar-refractivity contribution in [2.45, 2.75) is 25.7 Å². The number of anilines is 2. The number of benzene rings is 1. The van der Waals surface area contributed by atoms with Gasteiger partial charge in [0.05, 0.1) is 10.4 Å². The van der Waals surface area contributed by atoms with Crippen molar-refractivity contribution < 1.29 is 4.79 Å². The second-order valence-electron chi connectivity index (χ2n) is 8.84. The maximum Gasteiger partial charge on any atom is 0.321 e. The van der Waals surface area contributed by atoms with Crippen LogP contribution in [0.15, 0.2) is 60.8 Å². The standard InChI is InChI=1S/C26H29N5OS/c1-18-9-14-23(33-18)24-22-8-4-5-16-31(22)25(28-24)19-7-6-15-30(17-19)26(32)27-20-10-12-21(13-11-20)29(2)3/h4-5,8-14,16,19H,6-7,15,17H2,1-3H3,(H,27,32)/t19-/m1/s1. The van der Waals surface area contributed by atoms with Crippen LogP contribution in [0.4, 0.5) is 16.2 Å². The number of fused-ring (bicyclic) bond motifs is 1. The molecule has 3 aromatic heterocycles. The van der Waals surface area contributed by atoms with Gasteiger partial charge in [-0.3, -0.25) is 0 Å². The molecule has 170 valence electrons. The molecule has 0 unspecified atom stereocenters. The largest absolute Gasteiger partial charge is 0.378 e. The van der Waals surface area contributed by atoms with Gasteiger partial charge in [-0.1, -0.05) is 6.07 Å². The van der Waals surface area contributed by atoms with Crippen molar-refractivity contribution in [2.75, 3.05) is 37.4 Å². The number of rotatable bonds is 4. The number of carbonyl (C=O) groups excluding carboxylic acids is 1. The van der Waals surface area contributed by atoms with E-state index < -0.39 is 0 Å². The van der Waals surface area contributed by atoms with Crippen molar-refractivity contribution in [3.8, 4) is 10.6 Å². The summed E-state index contributed by atoms with van der Waals surface area (Å²) in [7, 11) is 4.01. The summed E-state index contributed by atoms with van der Waals surface area (Å²) in [4.78, 5) is 24.6. The van der Waals surface area contributed by atoms with E-state index in [4.69, 9.17) is 4.98 Å². The van der Waals surface area contributed by atoms with E-state index in [9.17, 15) is 4.79 Å². The number of hydrogen-bond acceptors (Lipinski definition) is 4. The van der Waals surface area contributed by atoms with Crippen molar-refractivity contribution in [3.63, 3.8) is 0 Å². The van der Waals surface area contributed by atoms with E-state index in [2.05, 4.69) is 47.1 Å². The average molecular weight is 460 g/mol. The second kappa shape index (κ2) is 8.90. The predicted octanol–water partition coefficient (Wildman–Crippen LogP) is 5.85. The summed E-state index contributed by atoms with van der Waals surface area (Å²) in [6.07, 6.45) is 4.08. The van der Waals surface area contributed by atoms with E-state index in [1.807, 2.05) is 54.2 Å². The molecule has 2 amide bonds. The third-order valence-electron chi connectivity index (χ3n) is 6.26. The Labute approximate surface area is 198 Å². The first-order chi connectivity index (χ1) is 16.0. The lowest BCUT2D eigenvalue weighted by Gasteiger charge is -2.32. The number of aromatic nitrogens is 2. The number of pyridine rings is 1. The van der Waals surface area contributed by atoms with Crippen molar-refractivity contribution >= 4 is 34.3 Å². The molecule has 6 nitrogen and oxygen atoms in total. The maximum atomic E-state index is 13.0. The first-order valence-corrected chi connectivity index (χ1v) is 12.2. The first kappa shape index (κ1) is 21.5. The highest BCUT2D eigenvalue weighted by Gasteiger charge is 2.29. The third-order valence-corrected chi connectivity index (χ3v) is 7.27. The SMILES string of the molecule is Cc1ccc(-c2nc([C@@H]3CCCN(C(=O)Nc4ccc(N(C)C)cc4)C3)n3ccccc23)s1. The number of amides is 2. The van der Waals surface area contributed by atoms with Gasteiger partial charge in [-0.2, -0.15) is 0 Å². The van der Waals surface area contributed by atoms with Crippen molar-refractivity contribution in [1.82, 2.24) is 14.3 Å². The van der Waals surface area contributed by atoms with Crippen LogP contribution >= 0.6 is 11.3 Å². The van der Waals surface area contributed by atoms with Gasteiger partial charge in [0.15, 0.2) is 0 Å². The molecule has 1 atom stereocenters. The van der Waals surface area contributed by atoms with Crippen LogP contribution in [0.5, 0.6) is 0 Å². The molecule has 0 bridgehead atoms. The number of likely N-dealkylation sites (tertiary alicyclic amines) is 1. The van der Waals surface area contributed by atoms with Crippen LogP contribution in [-0.4, -0.2) is 47.5 Å². The summed E-state index contributed by atoms with van der Waals surface area (Å²) >= 11 is 1.77. The molecule has 0 saturated carbocycles. The maximum absolute atomic E-state index is 13.0. The molecular formula is C26H29N5OS. The molecule has 0 spiro atoms. The quantitative estimate of drug-likeness (QED) is 0.417. The van der Waals surface area contributed by atoms with Gasteiger partial charge in [0.1, 0.15) is 11.5 Å². The van der Waals surface area contributed by atoms with Gasteiger partial charge in [0.25, 0.3) is 0 Å². The lowest BCUT2D eigenvalue weighted by Crippen LogP contribution is -2.42. The molecule has 1 N–H and O–H groups in total. The molecule has 4 heterocycles. The minimum absolute atomic E-state index is 0.0488. The number of piperidine rings is 1. The molecule has 1 fully saturated rings. The number of urea groups is 1. The number of nitrogens with zero attached hydrogens (tertiary/aromatic N) is 4. The van der Waals surface area contributed by atoms with Crippen LogP contribution < -0.4 is 10.2 Å². The summed E-state index contributed by atoms with van der Waals surface area (Å²) in [5.74, 6) is 1.24. The zero-order valence-corrected chi connectivity index (χ0v) is 20.1. The Morgan fingerprint density at radius 1 is 1.12 bits per heavy atom. The molecular weight excluding hydrogens is 430 g/mol. The Morgan fingerprint density at radius 2 is 1.94 bits per heavy atom. The highest BCUT2D eigenvalue weighted by atomic mass is 32.1. The molecule has 0 aliphatic carbocycles. The van der Waals surface area contributed by atoms with Gasteiger partial charge in [0.2, 0.25) is 0 Å². The molecule has 5 rings (SSSR count). The molecule has 1 aliphatic heterocycles. The summed E-state index contributed by atoms with van der Waals surface area (Å²) in [6.45, 7) is 3.55. The Balaban J connectivity index is 1.37. The number of thiophene rings is 1. The third kappa shape index (κ3) is 4.33. The molecule has 33 heavy (non-hydrogen) atoms. The number of aryl methyl sites for hydroxylation is 1. The normalized spacial score (nSPS) is 16.2. The Bertz CT molecular complexity index is 1270. The zero-order chi connectivity index (χ0) is 22.9. The minimum atomic E-state index is -0.0488. The summed E-state index contributed by atoms with van der Waals surface area (Å²) in [5, 5.41) is 3.06. The van der Waals surface area contributed by atoms with E-state index in [0.717, 1.165) is 47.8 Å². The number of hydrogen-bond donors (Lipinski definition) is 1. The molecule has 1 aromatic carbocycles. The van der Waals surface area contributed by atoms with E-state index in [-0.39, 0.29) is 11.9 Å². The van der Waals surface area contributed by atoms with Crippen molar-refractivity contribution in [2.24, 2.45) is 0 Å². The number of nitrogens with one attached hydrogen (secondary N) is 1. The fraction of sp³-hybridized carbons (Fsp3) is 0.308. The van der Waals surface area contributed by atoms with Crippen molar-refractivity contribution in [3.05, 3.63) is 71.5 Å². The smallest absolute Gasteiger partial charge is 0.321 e. The Hall–Kier alpha value is -3.32. The minimum Gasteiger partial charge on any atom is -0.378 e. The average Bonchev–Trinajstić information content (AvgIpc) is 3.43. The van der Waals surface area contributed by atoms with Crippen LogP contribution in [-0.2, 0) is 0 Å². The van der Waals surface area contributed by atoms with Crippen LogP contribution in [0.25, 0.3) is 16.1 Å². The monoisotopic (exact) mass is 459 g/mol. The summed E-state index contributed by atoms with van der Waals surface area (Å²) < 4.78 is 2.20. The Kier molecular flexibility index (Phi) is 5.81. The van der Waals surface area contributed by atoms with E-state index >= 15 is 0 Å².